The first-order valence-electron chi connectivity index (χ1n) is 9.21. The standard InChI is InChI=1S/C21H18N6O/c28-20-8-7-18(16-4-3-9-22-10-16)25-27(20)13-15-11-26(12-15)21-17-5-1-2-6-19(17)23-14-24-21/h1-10,14-15H,11-13H2. The molecule has 0 aliphatic carbocycles. The summed E-state index contributed by atoms with van der Waals surface area (Å²) in [4.78, 5) is 27.4. The monoisotopic (exact) mass is 370 g/mol. The van der Waals surface area contributed by atoms with E-state index in [1.165, 1.54) is 0 Å². The van der Waals surface area contributed by atoms with Crippen LogP contribution in [-0.4, -0.2) is 37.8 Å². The van der Waals surface area contributed by atoms with E-state index >= 15 is 0 Å². The maximum absolute atomic E-state index is 12.3. The quantitative estimate of drug-likeness (QED) is 0.549. The first-order chi connectivity index (χ1) is 13.8. The van der Waals surface area contributed by atoms with Crippen LogP contribution < -0.4 is 10.5 Å². The summed E-state index contributed by atoms with van der Waals surface area (Å²) in [6.07, 6.45) is 5.08. The summed E-state index contributed by atoms with van der Waals surface area (Å²) in [7, 11) is 0. The lowest BCUT2D eigenvalue weighted by molar-refractivity contribution is 0.334. The molecule has 0 saturated carbocycles. The largest absolute Gasteiger partial charge is 0.355 e. The number of hydrogen-bond donors (Lipinski definition) is 0. The first kappa shape index (κ1) is 16.6. The number of fused-ring (bicyclic) bond motifs is 1. The van der Waals surface area contributed by atoms with Crippen molar-refractivity contribution in [3.05, 3.63) is 77.6 Å². The molecule has 1 aliphatic heterocycles. The Bertz CT molecular complexity index is 1180. The summed E-state index contributed by atoms with van der Waals surface area (Å²) in [6.45, 7) is 2.27. The molecule has 0 spiro atoms. The van der Waals surface area contributed by atoms with E-state index in [0.717, 1.165) is 41.1 Å². The number of pyridine rings is 1. The zero-order chi connectivity index (χ0) is 18.9. The molecule has 0 amide bonds. The molecule has 5 rings (SSSR count). The summed E-state index contributed by atoms with van der Waals surface area (Å²) in [5, 5.41) is 5.59. The SMILES string of the molecule is O=c1ccc(-c2cccnc2)nn1CC1CN(c2ncnc3ccccc23)C1. The third kappa shape index (κ3) is 3.00. The summed E-state index contributed by atoms with van der Waals surface area (Å²) in [6, 6.07) is 15.1. The molecule has 1 aliphatic rings. The van der Waals surface area contributed by atoms with Crippen LogP contribution in [0.1, 0.15) is 0 Å². The molecule has 4 heterocycles. The number of para-hydroxylation sites is 1. The van der Waals surface area contributed by atoms with Crippen molar-refractivity contribution < 1.29 is 0 Å². The van der Waals surface area contributed by atoms with Crippen LogP contribution in [0.3, 0.4) is 0 Å². The van der Waals surface area contributed by atoms with Gasteiger partial charge < -0.3 is 4.90 Å². The molecule has 1 fully saturated rings. The Kier molecular flexibility index (Phi) is 4.05. The fraction of sp³-hybridized carbons (Fsp3) is 0.190. The van der Waals surface area contributed by atoms with Gasteiger partial charge in [0.25, 0.3) is 5.56 Å². The molecule has 4 aromatic rings. The van der Waals surface area contributed by atoms with E-state index in [0.29, 0.717) is 12.5 Å². The van der Waals surface area contributed by atoms with Crippen LogP contribution in [0.25, 0.3) is 22.2 Å². The van der Waals surface area contributed by atoms with Crippen LogP contribution in [-0.2, 0) is 6.54 Å². The molecule has 3 aromatic heterocycles. The molecule has 28 heavy (non-hydrogen) atoms. The zero-order valence-electron chi connectivity index (χ0n) is 15.1. The van der Waals surface area contributed by atoms with Gasteiger partial charge in [-0.25, -0.2) is 14.6 Å². The normalized spacial score (nSPS) is 14.2. The molecule has 0 unspecified atom stereocenters. The minimum absolute atomic E-state index is 0.0847. The van der Waals surface area contributed by atoms with Gasteiger partial charge in [-0.1, -0.05) is 12.1 Å². The Hall–Kier alpha value is -3.61. The number of hydrogen-bond acceptors (Lipinski definition) is 6. The highest BCUT2D eigenvalue weighted by Gasteiger charge is 2.29. The lowest BCUT2D eigenvalue weighted by atomic mass is 9.99. The third-order valence-corrected chi connectivity index (χ3v) is 5.03. The lowest BCUT2D eigenvalue weighted by Crippen LogP contribution is -2.50. The Labute approximate surface area is 161 Å². The summed E-state index contributed by atoms with van der Waals surface area (Å²) < 4.78 is 1.56. The summed E-state index contributed by atoms with van der Waals surface area (Å²) >= 11 is 0. The first-order valence-corrected chi connectivity index (χ1v) is 9.21. The molecule has 7 heteroatoms. The maximum atomic E-state index is 12.3. The van der Waals surface area contributed by atoms with Gasteiger partial charge in [-0.3, -0.25) is 9.78 Å². The van der Waals surface area contributed by atoms with E-state index in [-0.39, 0.29) is 5.56 Å². The van der Waals surface area contributed by atoms with Crippen LogP contribution in [0.2, 0.25) is 0 Å². The predicted octanol–water partition coefficient (Wildman–Crippen LogP) is 2.38. The van der Waals surface area contributed by atoms with Crippen molar-refractivity contribution in [2.24, 2.45) is 5.92 Å². The van der Waals surface area contributed by atoms with Crippen LogP contribution in [0.15, 0.2) is 72.0 Å². The highest BCUT2D eigenvalue weighted by molar-refractivity contribution is 5.89. The van der Waals surface area contributed by atoms with Crippen molar-refractivity contribution in [1.29, 1.82) is 0 Å². The average molecular weight is 370 g/mol. The van der Waals surface area contributed by atoms with Crippen LogP contribution >= 0.6 is 0 Å². The van der Waals surface area contributed by atoms with E-state index in [2.05, 4.69) is 25.0 Å². The van der Waals surface area contributed by atoms with E-state index in [9.17, 15) is 4.79 Å². The minimum atomic E-state index is -0.0847. The molecule has 1 saturated heterocycles. The summed E-state index contributed by atoms with van der Waals surface area (Å²) in [5.41, 5.74) is 2.51. The van der Waals surface area contributed by atoms with Gasteiger partial charge >= 0.3 is 0 Å². The van der Waals surface area contributed by atoms with Crippen LogP contribution in [0, 0.1) is 5.92 Å². The molecule has 0 N–H and O–H groups in total. The molecule has 0 radical (unpaired) electrons. The highest BCUT2D eigenvalue weighted by atomic mass is 16.1. The molecular formula is C21H18N6O. The van der Waals surface area contributed by atoms with Gasteiger partial charge in [-0.2, -0.15) is 5.10 Å². The van der Waals surface area contributed by atoms with Crippen LogP contribution in [0.4, 0.5) is 5.82 Å². The Balaban J connectivity index is 1.33. The van der Waals surface area contributed by atoms with E-state index in [1.807, 2.05) is 36.4 Å². The molecule has 1 aromatic carbocycles. The van der Waals surface area contributed by atoms with E-state index in [1.54, 1.807) is 35.5 Å². The van der Waals surface area contributed by atoms with Crippen molar-refractivity contribution in [3.8, 4) is 11.3 Å². The Morgan fingerprint density at radius 1 is 1.00 bits per heavy atom. The second-order valence-electron chi connectivity index (χ2n) is 6.97. The minimum Gasteiger partial charge on any atom is -0.355 e. The van der Waals surface area contributed by atoms with Gasteiger partial charge in [-0.05, 0) is 30.3 Å². The molecular weight excluding hydrogens is 352 g/mol. The van der Waals surface area contributed by atoms with Gasteiger partial charge in [0, 0.05) is 48.4 Å². The molecule has 0 bridgehead atoms. The summed E-state index contributed by atoms with van der Waals surface area (Å²) in [5.74, 6) is 1.30. The van der Waals surface area contributed by atoms with Crippen molar-refractivity contribution in [1.82, 2.24) is 24.7 Å². The maximum Gasteiger partial charge on any atom is 0.266 e. The number of nitrogens with zero attached hydrogens (tertiary/aromatic N) is 6. The topological polar surface area (TPSA) is 76.8 Å². The van der Waals surface area contributed by atoms with Gasteiger partial charge in [0.15, 0.2) is 0 Å². The van der Waals surface area contributed by atoms with Crippen molar-refractivity contribution in [2.75, 3.05) is 18.0 Å². The Morgan fingerprint density at radius 3 is 2.75 bits per heavy atom. The van der Waals surface area contributed by atoms with Crippen molar-refractivity contribution >= 4 is 16.7 Å². The van der Waals surface area contributed by atoms with Gasteiger partial charge in [0.1, 0.15) is 12.1 Å². The van der Waals surface area contributed by atoms with Crippen molar-refractivity contribution in [2.45, 2.75) is 6.54 Å². The molecule has 7 nitrogen and oxygen atoms in total. The van der Waals surface area contributed by atoms with Crippen molar-refractivity contribution in [3.63, 3.8) is 0 Å². The number of benzene rings is 1. The Morgan fingerprint density at radius 2 is 1.89 bits per heavy atom. The lowest BCUT2D eigenvalue weighted by Gasteiger charge is -2.40. The number of rotatable bonds is 4. The van der Waals surface area contributed by atoms with Gasteiger partial charge in [-0.15, -0.1) is 0 Å². The smallest absolute Gasteiger partial charge is 0.266 e. The zero-order valence-corrected chi connectivity index (χ0v) is 15.1. The van der Waals surface area contributed by atoms with E-state index < -0.39 is 0 Å². The van der Waals surface area contributed by atoms with E-state index in [4.69, 9.17) is 0 Å². The number of anilines is 1. The van der Waals surface area contributed by atoms with Gasteiger partial charge in [0.05, 0.1) is 17.8 Å². The second kappa shape index (κ2) is 6.84. The predicted molar refractivity (Wildman–Crippen MR) is 107 cm³/mol. The van der Waals surface area contributed by atoms with Crippen LogP contribution in [0.5, 0.6) is 0 Å². The average Bonchev–Trinajstić information content (AvgIpc) is 2.72. The number of aromatic nitrogens is 5. The fourth-order valence-corrected chi connectivity index (χ4v) is 3.59. The molecule has 138 valence electrons. The molecule has 0 atom stereocenters. The highest BCUT2D eigenvalue weighted by Crippen LogP contribution is 2.29. The van der Waals surface area contributed by atoms with Gasteiger partial charge in [0.2, 0.25) is 0 Å². The second-order valence-corrected chi connectivity index (χ2v) is 6.97. The fourth-order valence-electron chi connectivity index (χ4n) is 3.59. The third-order valence-electron chi connectivity index (χ3n) is 5.03.